The monoisotopic (exact) mass is 260 g/mol. The summed E-state index contributed by atoms with van der Waals surface area (Å²) in [6.07, 6.45) is 4.13. The number of hydrogen-bond donors (Lipinski definition) is 0. The lowest BCUT2D eigenvalue weighted by atomic mass is 10.2. The highest BCUT2D eigenvalue weighted by atomic mass is 16.6. The van der Waals surface area contributed by atoms with Gasteiger partial charge in [-0.3, -0.25) is 14.8 Å². The molecule has 1 aromatic heterocycles. The number of nitrogens with zero attached hydrogens (tertiary/aromatic N) is 4. The zero-order valence-electron chi connectivity index (χ0n) is 10.7. The predicted octanol–water partition coefficient (Wildman–Crippen LogP) is 2.04. The molecule has 0 spiro atoms. The summed E-state index contributed by atoms with van der Waals surface area (Å²) in [6.45, 7) is 4.04. The summed E-state index contributed by atoms with van der Waals surface area (Å²) in [4.78, 5) is 13.0. The summed E-state index contributed by atoms with van der Waals surface area (Å²) in [5, 5.41) is 15.9. The van der Waals surface area contributed by atoms with Crippen molar-refractivity contribution in [1.82, 2.24) is 14.7 Å². The Morgan fingerprint density at radius 3 is 2.79 bits per heavy atom. The van der Waals surface area contributed by atoms with Crippen LogP contribution in [0.3, 0.4) is 0 Å². The lowest BCUT2D eigenvalue weighted by molar-refractivity contribution is -0.383. The number of aromatic nitrogens is 2. The van der Waals surface area contributed by atoms with E-state index in [0.717, 1.165) is 31.7 Å². The Labute approximate surface area is 110 Å². The van der Waals surface area contributed by atoms with E-state index in [-0.39, 0.29) is 10.6 Å². The van der Waals surface area contributed by atoms with Crippen LogP contribution in [-0.2, 0) is 6.54 Å². The van der Waals surface area contributed by atoms with Gasteiger partial charge in [0.05, 0.1) is 28.6 Å². The van der Waals surface area contributed by atoms with E-state index in [1.165, 1.54) is 18.9 Å². The lowest BCUT2D eigenvalue weighted by Gasteiger charge is -2.14. The summed E-state index contributed by atoms with van der Waals surface area (Å²) in [5.41, 5.74) is 0.971. The van der Waals surface area contributed by atoms with Crippen molar-refractivity contribution in [3.63, 3.8) is 0 Å². The summed E-state index contributed by atoms with van der Waals surface area (Å²) in [7, 11) is 0. The first-order chi connectivity index (χ1) is 9.25. The van der Waals surface area contributed by atoms with Gasteiger partial charge >= 0.3 is 0 Å². The smallest absolute Gasteiger partial charge is 0.280 e. The molecule has 1 saturated heterocycles. The van der Waals surface area contributed by atoms with Gasteiger partial charge in [-0.2, -0.15) is 5.10 Å². The van der Waals surface area contributed by atoms with Crippen molar-refractivity contribution in [2.45, 2.75) is 19.4 Å². The number of non-ortho nitro benzene ring substituents is 1. The van der Waals surface area contributed by atoms with Gasteiger partial charge in [-0.15, -0.1) is 0 Å². The molecule has 3 rings (SSSR count). The first-order valence-corrected chi connectivity index (χ1v) is 6.57. The van der Waals surface area contributed by atoms with Gasteiger partial charge in [0.1, 0.15) is 0 Å². The fourth-order valence-electron chi connectivity index (χ4n) is 2.67. The van der Waals surface area contributed by atoms with E-state index >= 15 is 0 Å². The average Bonchev–Trinajstić information content (AvgIpc) is 3.05. The second-order valence-electron chi connectivity index (χ2n) is 4.88. The topological polar surface area (TPSA) is 64.2 Å². The minimum absolute atomic E-state index is 0.130. The van der Waals surface area contributed by atoms with Gasteiger partial charge in [-0.1, -0.05) is 6.07 Å². The maximum atomic E-state index is 11.0. The van der Waals surface area contributed by atoms with Gasteiger partial charge in [0.2, 0.25) is 0 Å². The van der Waals surface area contributed by atoms with Crippen LogP contribution in [0.2, 0.25) is 0 Å². The Bertz CT molecular complexity index is 602. The number of nitro groups is 1. The van der Waals surface area contributed by atoms with Gasteiger partial charge in [0.25, 0.3) is 5.69 Å². The van der Waals surface area contributed by atoms with E-state index in [0.29, 0.717) is 5.39 Å². The minimum atomic E-state index is -0.352. The number of fused-ring (bicyclic) bond motifs is 1. The van der Waals surface area contributed by atoms with Gasteiger partial charge in [0.15, 0.2) is 0 Å². The van der Waals surface area contributed by atoms with Crippen LogP contribution in [-0.4, -0.2) is 39.2 Å². The Hall–Kier alpha value is -1.95. The van der Waals surface area contributed by atoms with Gasteiger partial charge in [-0.05, 0) is 32.0 Å². The van der Waals surface area contributed by atoms with Crippen LogP contribution in [0.25, 0.3) is 10.9 Å². The normalized spacial score (nSPS) is 16.2. The highest BCUT2D eigenvalue weighted by Gasteiger charge is 2.16. The summed E-state index contributed by atoms with van der Waals surface area (Å²) in [5.74, 6) is 0. The molecule has 1 aliphatic heterocycles. The van der Waals surface area contributed by atoms with Crippen molar-refractivity contribution in [2.75, 3.05) is 19.6 Å². The van der Waals surface area contributed by atoms with Crippen LogP contribution in [0.4, 0.5) is 5.69 Å². The van der Waals surface area contributed by atoms with Gasteiger partial charge in [0, 0.05) is 12.6 Å². The standard InChI is InChI=1S/C13H16N4O2/c18-17(19)13-5-3-4-12-11(13)10-14-16(12)9-8-15-6-1-2-7-15/h3-5,10H,1-2,6-9H2. The van der Waals surface area contributed by atoms with E-state index in [4.69, 9.17) is 0 Å². The largest absolute Gasteiger partial charge is 0.301 e. The molecular weight excluding hydrogens is 244 g/mol. The molecule has 2 aromatic rings. The molecule has 0 saturated carbocycles. The third-order valence-electron chi connectivity index (χ3n) is 3.69. The Balaban J connectivity index is 1.84. The Morgan fingerprint density at radius 1 is 1.26 bits per heavy atom. The van der Waals surface area contributed by atoms with Crippen LogP contribution in [0.15, 0.2) is 24.4 Å². The first-order valence-electron chi connectivity index (χ1n) is 6.57. The zero-order chi connectivity index (χ0) is 13.2. The number of rotatable bonds is 4. The summed E-state index contributed by atoms with van der Waals surface area (Å²) in [6, 6.07) is 5.13. The molecule has 0 amide bonds. The van der Waals surface area contributed by atoms with E-state index in [2.05, 4.69) is 10.00 Å². The van der Waals surface area contributed by atoms with Crippen LogP contribution in [0.1, 0.15) is 12.8 Å². The zero-order valence-corrected chi connectivity index (χ0v) is 10.7. The molecule has 0 atom stereocenters. The second kappa shape index (κ2) is 4.97. The molecule has 0 unspecified atom stereocenters. The molecule has 100 valence electrons. The molecule has 1 fully saturated rings. The van der Waals surface area contributed by atoms with E-state index < -0.39 is 0 Å². The van der Waals surface area contributed by atoms with Crippen molar-refractivity contribution in [2.24, 2.45) is 0 Å². The molecule has 6 heteroatoms. The molecular formula is C13H16N4O2. The fraction of sp³-hybridized carbons (Fsp3) is 0.462. The number of likely N-dealkylation sites (tertiary alicyclic amines) is 1. The molecule has 2 heterocycles. The van der Waals surface area contributed by atoms with Crippen LogP contribution < -0.4 is 0 Å². The van der Waals surface area contributed by atoms with E-state index in [1.54, 1.807) is 12.3 Å². The van der Waals surface area contributed by atoms with Crippen LogP contribution in [0.5, 0.6) is 0 Å². The molecule has 0 aliphatic carbocycles. The maximum absolute atomic E-state index is 11.0. The predicted molar refractivity (Wildman–Crippen MR) is 72.1 cm³/mol. The van der Waals surface area contributed by atoms with Crippen molar-refractivity contribution >= 4 is 16.6 Å². The summed E-state index contributed by atoms with van der Waals surface area (Å²) >= 11 is 0. The summed E-state index contributed by atoms with van der Waals surface area (Å²) < 4.78 is 1.86. The van der Waals surface area contributed by atoms with Gasteiger partial charge < -0.3 is 4.90 Å². The fourth-order valence-corrected chi connectivity index (χ4v) is 2.67. The molecule has 19 heavy (non-hydrogen) atoms. The third kappa shape index (κ3) is 2.31. The minimum Gasteiger partial charge on any atom is -0.301 e. The molecule has 1 aliphatic rings. The highest BCUT2D eigenvalue weighted by Crippen LogP contribution is 2.24. The quantitative estimate of drug-likeness (QED) is 0.623. The third-order valence-corrected chi connectivity index (χ3v) is 3.69. The first kappa shape index (κ1) is 12.1. The van der Waals surface area contributed by atoms with Gasteiger partial charge in [-0.25, -0.2) is 0 Å². The molecule has 0 radical (unpaired) electrons. The molecule has 1 aromatic carbocycles. The van der Waals surface area contributed by atoms with Crippen LogP contribution in [0, 0.1) is 10.1 Å². The Morgan fingerprint density at radius 2 is 2.05 bits per heavy atom. The Kier molecular flexibility index (Phi) is 3.16. The van der Waals surface area contributed by atoms with Crippen LogP contribution >= 0.6 is 0 Å². The van der Waals surface area contributed by atoms with Crippen molar-refractivity contribution in [3.8, 4) is 0 Å². The van der Waals surface area contributed by atoms with E-state index in [9.17, 15) is 10.1 Å². The molecule has 0 bridgehead atoms. The maximum Gasteiger partial charge on any atom is 0.280 e. The van der Waals surface area contributed by atoms with Crippen molar-refractivity contribution < 1.29 is 4.92 Å². The second-order valence-corrected chi connectivity index (χ2v) is 4.88. The SMILES string of the molecule is O=[N+]([O-])c1cccc2c1cnn2CCN1CCCC1. The lowest BCUT2D eigenvalue weighted by Crippen LogP contribution is -2.24. The number of hydrogen-bond acceptors (Lipinski definition) is 4. The average molecular weight is 260 g/mol. The molecule has 0 N–H and O–H groups in total. The van der Waals surface area contributed by atoms with E-state index in [1.807, 2.05) is 10.7 Å². The van der Waals surface area contributed by atoms with Crippen molar-refractivity contribution in [3.05, 3.63) is 34.5 Å². The number of nitro benzene ring substituents is 1. The van der Waals surface area contributed by atoms with Crippen molar-refractivity contribution in [1.29, 1.82) is 0 Å². The number of benzene rings is 1. The highest BCUT2D eigenvalue weighted by molar-refractivity contribution is 5.87. The molecule has 6 nitrogen and oxygen atoms in total.